The molecule has 1 amide bonds. The van der Waals surface area contributed by atoms with Crippen molar-refractivity contribution >= 4 is 38.4 Å². The first kappa shape index (κ1) is 19.3. The van der Waals surface area contributed by atoms with Gasteiger partial charge in [-0.15, -0.1) is 11.3 Å². The molecule has 4 aromatic rings. The van der Waals surface area contributed by atoms with E-state index in [2.05, 4.69) is 23.5 Å². The molecule has 0 aliphatic carbocycles. The maximum absolute atomic E-state index is 12.9. The van der Waals surface area contributed by atoms with E-state index in [0.29, 0.717) is 12.6 Å². The number of aromatic nitrogens is 1. The summed E-state index contributed by atoms with van der Waals surface area (Å²) in [6.07, 6.45) is 3.44. The number of likely N-dealkylation sites (tertiary alicyclic amines) is 1. The van der Waals surface area contributed by atoms with Crippen LogP contribution in [0.5, 0.6) is 0 Å². The quantitative estimate of drug-likeness (QED) is 0.513. The molecule has 1 fully saturated rings. The summed E-state index contributed by atoms with van der Waals surface area (Å²) in [4.78, 5) is 19.1. The molecule has 5 nitrogen and oxygen atoms in total. The van der Waals surface area contributed by atoms with Crippen molar-refractivity contribution in [2.75, 3.05) is 13.1 Å². The number of carbonyl (C=O) groups excluding carboxylic acids is 1. The van der Waals surface area contributed by atoms with Crippen LogP contribution >= 0.6 is 11.3 Å². The van der Waals surface area contributed by atoms with Crippen LogP contribution in [-0.4, -0.2) is 24.0 Å². The highest BCUT2D eigenvalue weighted by molar-refractivity contribution is 7.18. The van der Waals surface area contributed by atoms with E-state index in [1.165, 1.54) is 16.0 Å². The number of fused-ring (bicyclic) bond motifs is 2. The maximum Gasteiger partial charge on any atom is 0.275 e. The molecule has 0 radical (unpaired) electrons. The minimum absolute atomic E-state index is 0.0611. The maximum atomic E-state index is 12.9. The van der Waals surface area contributed by atoms with Gasteiger partial charge in [0.1, 0.15) is 17.4 Å². The molecule has 1 aliphatic rings. The number of hydrogen-bond donors (Lipinski definition) is 2. The minimum Gasteiger partial charge on any atom is -0.459 e. The van der Waals surface area contributed by atoms with Crippen LogP contribution in [0.25, 0.3) is 21.2 Å². The van der Waals surface area contributed by atoms with Crippen molar-refractivity contribution in [2.45, 2.75) is 38.3 Å². The highest BCUT2D eigenvalue weighted by Crippen LogP contribution is 2.28. The lowest BCUT2D eigenvalue weighted by Gasteiger charge is -2.31. The van der Waals surface area contributed by atoms with Gasteiger partial charge in [0, 0.05) is 11.8 Å². The van der Waals surface area contributed by atoms with Gasteiger partial charge in [-0.2, -0.15) is 0 Å². The van der Waals surface area contributed by atoms with Crippen LogP contribution in [0.15, 0.2) is 59.0 Å². The van der Waals surface area contributed by atoms with Crippen molar-refractivity contribution in [3.8, 4) is 0 Å². The van der Waals surface area contributed by atoms with Crippen LogP contribution in [0.3, 0.4) is 0 Å². The molecule has 5 rings (SSSR count). The molecule has 3 atom stereocenters. The molecule has 6 heteroatoms. The fourth-order valence-corrected chi connectivity index (χ4v) is 5.57. The molecule has 0 bridgehead atoms. The Balaban J connectivity index is 1.28. The van der Waals surface area contributed by atoms with E-state index >= 15 is 0 Å². The number of amides is 1. The lowest BCUT2D eigenvalue weighted by Crippen LogP contribution is -3.14. The van der Waals surface area contributed by atoms with Crippen LogP contribution < -0.4 is 10.2 Å². The fraction of sp³-hybridized carbons (Fsp3) is 0.333. The first-order chi connectivity index (χ1) is 14.7. The molecule has 1 unspecified atom stereocenters. The van der Waals surface area contributed by atoms with Gasteiger partial charge in [0.25, 0.3) is 5.91 Å². The van der Waals surface area contributed by atoms with E-state index in [1.807, 2.05) is 43.3 Å². The predicted octanol–water partition coefficient (Wildman–Crippen LogP) is 4.03. The average molecular weight is 421 g/mol. The van der Waals surface area contributed by atoms with Gasteiger partial charge in [-0.25, -0.2) is 4.98 Å². The third kappa shape index (κ3) is 3.85. The third-order valence-corrected chi connectivity index (χ3v) is 7.13. The summed E-state index contributed by atoms with van der Waals surface area (Å²) in [6, 6.07) is 18.4. The summed E-state index contributed by atoms with van der Waals surface area (Å²) in [6.45, 7) is 3.45. The molecule has 1 aliphatic heterocycles. The van der Waals surface area contributed by atoms with Gasteiger partial charge in [-0.05, 0) is 44.0 Å². The number of quaternary nitrogens is 1. The summed E-state index contributed by atoms with van der Waals surface area (Å²) in [5.74, 6) is 0.854. The standard InChI is InChI=1S/C24H25N3O2S/c1-16(21-14-17-8-2-4-11-20(17)29-21)25-23(28)15-27-13-7-6-10-19(27)24-26-18-9-3-5-12-22(18)30-24/h2-5,8-9,11-12,14,16,19H,6-7,10,13,15H2,1H3,(H,25,28)/p+1/t16-,19+/m0/s1. The molecule has 2 N–H and O–H groups in total. The summed E-state index contributed by atoms with van der Waals surface area (Å²) in [7, 11) is 0. The predicted molar refractivity (Wildman–Crippen MR) is 120 cm³/mol. The Bertz CT molecular complexity index is 1120. The van der Waals surface area contributed by atoms with E-state index < -0.39 is 0 Å². The van der Waals surface area contributed by atoms with Crippen LogP contribution in [-0.2, 0) is 4.79 Å². The van der Waals surface area contributed by atoms with Crippen LogP contribution in [0.4, 0.5) is 0 Å². The Morgan fingerprint density at radius 3 is 2.93 bits per heavy atom. The number of para-hydroxylation sites is 2. The normalized spacial score (nSPS) is 20.4. The number of benzene rings is 2. The SMILES string of the molecule is C[C@H](NC(=O)C[NH+]1CCCC[C@@H]1c1nc2ccccc2s1)c1cc2ccccc2o1. The highest BCUT2D eigenvalue weighted by Gasteiger charge is 2.32. The summed E-state index contributed by atoms with van der Waals surface area (Å²) < 4.78 is 7.14. The smallest absolute Gasteiger partial charge is 0.275 e. The summed E-state index contributed by atoms with van der Waals surface area (Å²) >= 11 is 1.77. The van der Waals surface area contributed by atoms with Gasteiger partial charge in [0.2, 0.25) is 0 Å². The van der Waals surface area contributed by atoms with Gasteiger partial charge in [-0.1, -0.05) is 30.3 Å². The average Bonchev–Trinajstić information content (AvgIpc) is 3.38. The van der Waals surface area contributed by atoms with E-state index in [9.17, 15) is 4.79 Å². The Morgan fingerprint density at radius 1 is 1.23 bits per heavy atom. The number of furan rings is 1. The number of thiazole rings is 1. The number of hydrogen-bond acceptors (Lipinski definition) is 4. The molecular weight excluding hydrogens is 394 g/mol. The number of carbonyl (C=O) groups is 1. The van der Waals surface area contributed by atoms with E-state index in [-0.39, 0.29) is 11.9 Å². The van der Waals surface area contributed by atoms with Crippen molar-refractivity contribution in [3.63, 3.8) is 0 Å². The number of nitrogens with zero attached hydrogens (tertiary/aromatic N) is 1. The van der Waals surface area contributed by atoms with Crippen molar-refractivity contribution in [2.24, 2.45) is 0 Å². The number of nitrogens with one attached hydrogen (secondary N) is 2. The Morgan fingerprint density at radius 2 is 2.07 bits per heavy atom. The minimum atomic E-state index is -0.157. The lowest BCUT2D eigenvalue weighted by atomic mass is 10.0. The summed E-state index contributed by atoms with van der Waals surface area (Å²) in [5.41, 5.74) is 1.91. The van der Waals surface area contributed by atoms with E-state index in [1.54, 1.807) is 11.3 Å². The molecule has 1 saturated heterocycles. The summed E-state index contributed by atoms with van der Waals surface area (Å²) in [5, 5.41) is 5.35. The van der Waals surface area contributed by atoms with Gasteiger partial charge in [-0.3, -0.25) is 4.79 Å². The van der Waals surface area contributed by atoms with Crippen LogP contribution in [0, 0.1) is 0 Å². The second kappa shape index (κ2) is 8.20. The van der Waals surface area contributed by atoms with Gasteiger partial charge < -0.3 is 14.6 Å². The topological polar surface area (TPSA) is 59.6 Å². The zero-order chi connectivity index (χ0) is 20.5. The lowest BCUT2D eigenvalue weighted by molar-refractivity contribution is -0.929. The Kier molecular flexibility index (Phi) is 5.27. The molecule has 2 aromatic carbocycles. The van der Waals surface area contributed by atoms with Crippen LogP contribution in [0.2, 0.25) is 0 Å². The first-order valence-corrected chi connectivity index (χ1v) is 11.5. The molecular formula is C24H26N3O2S+. The van der Waals surface area contributed by atoms with Crippen LogP contribution in [0.1, 0.15) is 49.0 Å². The third-order valence-electron chi connectivity index (χ3n) is 5.98. The van der Waals surface area contributed by atoms with Gasteiger partial charge >= 0.3 is 0 Å². The Labute approximate surface area is 179 Å². The second-order valence-electron chi connectivity index (χ2n) is 8.13. The van der Waals surface area contributed by atoms with Crippen molar-refractivity contribution in [1.82, 2.24) is 10.3 Å². The molecule has 3 heterocycles. The van der Waals surface area contributed by atoms with Crippen molar-refractivity contribution in [1.29, 1.82) is 0 Å². The van der Waals surface area contributed by atoms with Gasteiger partial charge in [0.05, 0.1) is 22.8 Å². The zero-order valence-electron chi connectivity index (χ0n) is 17.1. The van der Waals surface area contributed by atoms with Crippen molar-refractivity contribution in [3.05, 3.63) is 65.4 Å². The largest absolute Gasteiger partial charge is 0.459 e. The fourth-order valence-electron chi connectivity index (χ4n) is 4.41. The molecule has 0 spiro atoms. The van der Waals surface area contributed by atoms with E-state index in [4.69, 9.17) is 9.40 Å². The first-order valence-electron chi connectivity index (χ1n) is 10.7. The number of rotatable bonds is 5. The highest BCUT2D eigenvalue weighted by atomic mass is 32.1. The monoisotopic (exact) mass is 420 g/mol. The molecule has 154 valence electrons. The molecule has 30 heavy (non-hydrogen) atoms. The Hall–Kier alpha value is -2.70. The number of piperidine rings is 1. The van der Waals surface area contributed by atoms with E-state index in [0.717, 1.165) is 46.6 Å². The van der Waals surface area contributed by atoms with Crippen molar-refractivity contribution < 1.29 is 14.1 Å². The molecule has 2 aromatic heterocycles. The second-order valence-corrected chi connectivity index (χ2v) is 9.19. The van der Waals surface area contributed by atoms with Gasteiger partial charge in [0.15, 0.2) is 11.6 Å². The molecule has 0 saturated carbocycles. The zero-order valence-corrected chi connectivity index (χ0v) is 17.9.